The molecule has 1 fully saturated rings. The van der Waals surface area contributed by atoms with Gasteiger partial charge in [-0.1, -0.05) is 12.1 Å². The summed E-state index contributed by atoms with van der Waals surface area (Å²) >= 11 is 0. The number of nitrogens with zero attached hydrogens (tertiary/aromatic N) is 1. The van der Waals surface area contributed by atoms with Gasteiger partial charge in [0.1, 0.15) is 18.5 Å². The van der Waals surface area contributed by atoms with Crippen LogP contribution in [-0.4, -0.2) is 51.3 Å². The van der Waals surface area contributed by atoms with Gasteiger partial charge in [0.15, 0.2) is 0 Å². The van der Waals surface area contributed by atoms with Crippen LogP contribution < -0.4 is 61.6 Å². The fourth-order valence-corrected chi connectivity index (χ4v) is 1.96. The molecular formula is C12H16BF3KNO2. The van der Waals surface area contributed by atoms with Crippen molar-refractivity contribution < 1.29 is 73.8 Å². The van der Waals surface area contributed by atoms with E-state index in [0.29, 0.717) is 6.61 Å². The molecule has 0 N–H and O–H groups in total. The Balaban J connectivity index is 0.00000200. The van der Waals surface area contributed by atoms with Crippen molar-refractivity contribution in [3.05, 3.63) is 24.3 Å². The minimum Gasteiger partial charge on any atom is -0.491 e. The van der Waals surface area contributed by atoms with E-state index in [1.54, 1.807) is 0 Å². The van der Waals surface area contributed by atoms with Crippen molar-refractivity contribution in [2.45, 2.75) is 6.10 Å². The van der Waals surface area contributed by atoms with Crippen molar-refractivity contribution in [2.75, 3.05) is 33.4 Å². The molecule has 1 aromatic rings. The zero-order valence-electron chi connectivity index (χ0n) is 11.7. The van der Waals surface area contributed by atoms with Gasteiger partial charge in [-0.15, -0.1) is 5.46 Å². The fraction of sp³-hybridized carbons (Fsp3) is 0.500. The second-order valence-electron chi connectivity index (χ2n) is 4.71. The van der Waals surface area contributed by atoms with Gasteiger partial charge < -0.3 is 27.3 Å². The predicted molar refractivity (Wildman–Crippen MR) is 67.9 cm³/mol. The molecule has 1 aromatic carbocycles. The monoisotopic (exact) mass is 313 g/mol. The average Bonchev–Trinajstić information content (AvgIpc) is 2.36. The van der Waals surface area contributed by atoms with E-state index in [1.165, 1.54) is 12.1 Å². The van der Waals surface area contributed by atoms with E-state index < -0.39 is 12.4 Å². The molecule has 0 aliphatic carbocycles. The fourth-order valence-electron chi connectivity index (χ4n) is 1.96. The van der Waals surface area contributed by atoms with Gasteiger partial charge in [-0.05, 0) is 19.2 Å². The Morgan fingerprint density at radius 3 is 2.80 bits per heavy atom. The van der Waals surface area contributed by atoms with Gasteiger partial charge in [-0.3, -0.25) is 0 Å². The number of likely N-dealkylation sites (N-methyl/N-ethyl adjacent to an activating group) is 1. The summed E-state index contributed by atoms with van der Waals surface area (Å²) in [6.07, 6.45) is -0.0983. The number of benzene rings is 1. The molecule has 20 heavy (non-hydrogen) atoms. The third-order valence-corrected chi connectivity index (χ3v) is 3.01. The van der Waals surface area contributed by atoms with Crippen LogP contribution in [0.25, 0.3) is 0 Å². The van der Waals surface area contributed by atoms with Crippen LogP contribution in [-0.2, 0) is 4.74 Å². The summed E-state index contributed by atoms with van der Waals surface area (Å²) in [5.41, 5.74) is -0.640. The quantitative estimate of drug-likeness (QED) is 0.629. The minimum absolute atomic E-state index is 0. The van der Waals surface area contributed by atoms with Gasteiger partial charge >= 0.3 is 58.4 Å². The van der Waals surface area contributed by atoms with Crippen LogP contribution in [0.4, 0.5) is 12.9 Å². The van der Waals surface area contributed by atoms with Crippen LogP contribution in [0, 0.1) is 0 Å². The maximum Gasteiger partial charge on any atom is 1.00 e. The molecule has 1 saturated heterocycles. The number of ether oxygens (including phenoxy) is 2. The van der Waals surface area contributed by atoms with E-state index in [9.17, 15) is 12.9 Å². The Labute approximate surface area is 159 Å². The zero-order valence-corrected chi connectivity index (χ0v) is 14.8. The van der Waals surface area contributed by atoms with Crippen molar-refractivity contribution in [3.63, 3.8) is 0 Å². The summed E-state index contributed by atoms with van der Waals surface area (Å²) in [5.74, 6) is 0.230. The number of rotatable bonds is 4. The molecule has 1 atom stereocenters. The second kappa shape index (κ2) is 8.17. The van der Waals surface area contributed by atoms with Gasteiger partial charge in [-0.25, -0.2) is 0 Å². The molecular weight excluding hydrogens is 297 g/mol. The Morgan fingerprint density at radius 2 is 2.15 bits per heavy atom. The van der Waals surface area contributed by atoms with Crippen LogP contribution >= 0.6 is 0 Å². The molecule has 2 rings (SSSR count). The first-order valence-electron chi connectivity index (χ1n) is 6.18. The molecule has 1 aliphatic rings. The summed E-state index contributed by atoms with van der Waals surface area (Å²) in [6.45, 7) is -2.51. The molecule has 0 saturated carbocycles. The maximum absolute atomic E-state index is 12.6. The minimum atomic E-state index is -4.98. The molecule has 0 amide bonds. The van der Waals surface area contributed by atoms with Crippen LogP contribution in [0.3, 0.4) is 0 Å². The molecule has 0 bridgehead atoms. The van der Waals surface area contributed by atoms with Crippen molar-refractivity contribution in [3.8, 4) is 5.75 Å². The summed E-state index contributed by atoms with van der Waals surface area (Å²) in [6, 6.07) is 4.97. The second-order valence-corrected chi connectivity index (χ2v) is 4.71. The number of hydrogen-bond acceptors (Lipinski definition) is 3. The van der Waals surface area contributed by atoms with Crippen molar-refractivity contribution in [2.24, 2.45) is 0 Å². The maximum atomic E-state index is 12.6. The van der Waals surface area contributed by atoms with Crippen molar-refractivity contribution in [1.82, 2.24) is 4.90 Å². The Morgan fingerprint density at radius 1 is 1.40 bits per heavy atom. The van der Waals surface area contributed by atoms with E-state index in [4.69, 9.17) is 9.47 Å². The Bertz CT molecular complexity index is 433. The van der Waals surface area contributed by atoms with E-state index in [2.05, 4.69) is 4.90 Å². The van der Waals surface area contributed by atoms with Crippen LogP contribution in [0.15, 0.2) is 24.3 Å². The third-order valence-electron chi connectivity index (χ3n) is 3.01. The Hall–Kier alpha value is 0.431. The summed E-state index contributed by atoms with van der Waals surface area (Å²) < 4.78 is 48.6. The van der Waals surface area contributed by atoms with E-state index in [0.717, 1.165) is 25.2 Å². The largest absolute Gasteiger partial charge is 1.00 e. The smallest absolute Gasteiger partial charge is 0.491 e. The van der Waals surface area contributed by atoms with Gasteiger partial charge in [0.25, 0.3) is 0 Å². The standard InChI is InChI=1S/C12H16BF3NO2.K/c1-17-5-6-18-12(8-17)9-19-11-4-2-3-10(7-11)13(14,15)16;/h2-4,7,12H,5-6,8-9H2,1H3;/q-1;+1. The topological polar surface area (TPSA) is 21.7 Å². The van der Waals surface area contributed by atoms with Gasteiger partial charge in [-0.2, -0.15) is 0 Å². The number of halogens is 3. The number of hydrogen-bond donors (Lipinski definition) is 0. The van der Waals surface area contributed by atoms with Gasteiger partial charge in [0, 0.05) is 13.1 Å². The molecule has 3 nitrogen and oxygen atoms in total. The normalized spacial score (nSPS) is 20.3. The van der Waals surface area contributed by atoms with E-state index in [1.807, 2.05) is 7.05 Å². The first-order valence-corrected chi connectivity index (χ1v) is 6.18. The van der Waals surface area contributed by atoms with Gasteiger partial charge in [0.05, 0.1) is 6.61 Å². The van der Waals surface area contributed by atoms with E-state index >= 15 is 0 Å². The van der Waals surface area contributed by atoms with Crippen LogP contribution in [0.1, 0.15) is 0 Å². The SMILES string of the molecule is CN1CCOC(COc2cccc([B-](F)(F)F)c2)C1.[K+]. The van der Waals surface area contributed by atoms with Crippen molar-refractivity contribution >= 4 is 12.4 Å². The van der Waals surface area contributed by atoms with E-state index in [-0.39, 0.29) is 69.8 Å². The first kappa shape index (κ1) is 18.5. The zero-order chi connectivity index (χ0) is 13.9. The molecule has 1 unspecified atom stereocenters. The average molecular weight is 313 g/mol. The predicted octanol–water partition coefficient (Wildman–Crippen LogP) is -1.55. The molecule has 0 aromatic heterocycles. The first-order chi connectivity index (χ1) is 8.95. The molecule has 0 spiro atoms. The molecule has 1 heterocycles. The summed E-state index contributed by atoms with van der Waals surface area (Å²) in [7, 11) is 1.97. The van der Waals surface area contributed by atoms with Crippen LogP contribution in [0.5, 0.6) is 5.75 Å². The van der Waals surface area contributed by atoms with Crippen molar-refractivity contribution in [1.29, 1.82) is 0 Å². The summed E-state index contributed by atoms with van der Waals surface area (Å²) in [5, 5.41) is 0. The van der Waals surface area contributed by atoms with Crippen LogP contribution in [0.2, 0.25) is 0 Å². The molecule has 106 valence electrons. The number of morpholine rings is 1. The summed E-state index contributed by atoms with van der Waals surface area (Å²) in [4.78, 5) is 2.10. The van der Waals surface area contributed by atoms with Gasteiger partial charge in [0.2, 0.25) is 0 Å². The third kappa shape index (κ3) is 5.67. The molecule has 8 heteroatoms. The molecule has 1 aliphatic heterocycles. The molecule has 0 radical (unpaired) electrons. The Kier molecular flexibility index (Phi) is 7.55.